The Balaban J connectivity index is 1.23. The summed E-state index contributed by atoms with van der Waals surface area (Å²) in [5, 5.41) is 3.11. The highest BCUT2D eigenvalue weighted by Crippen LogP contribution is 2.32. The van der Waals surface area contributed by atoms with E-state index in [0.717, 1.165) is 49.8 Å². The van der Waals surface area contributed by atoms with E-state index in [9.17, 15) is 4.79 Å². The van der Waals surface area contributed by atoms with Crippen LogP contribution in [0.25, 0.3) is 0 Å². The van der Waals surface area contributed by atoms with Gasteiger partial charge in [0.05, 0.1) is 12.6 Å². The third-order valence-corrected chi connectivity index (χ3v) is 5.52. The van der Waals surface area contributed by atoms with Crippen LogP contribution in [0, 0.1) is 0 Å². The van der Waals surface area contributed by atoms with E-state index in [-0.39, 0.29) is 11.9 Å². The lowest BCUT2D eigenvalue weighted by atomic mass is 10.1. The third kappa shape index (κ3) is 5.28. The van der Waals surface area contributed by atoms with Gasteiger partial charge in [0, 0.05) is 32.7 Å². The number of ether oxygens (including phenoxy) is 2. The molecule has 1 fully saturated rings. The summed E-state index contributed by atoms with van der Waals surface area (Å²) in [5.74, 6) is 1.58. The molecule has 1 unspecified atom stereocenters. The Bertz CT molecular complexity index is 819. The molecule has 0 spiro atoms. The number of piperazine rings is 1. The predicted octanol–water partition coefficient (Wildman–Crippen LogP) is 2.45. The summed E-state index contributed by atoms with van der Waals surface area (Å²) in [5.41, 5.74) is 2.36. The number of nitrogens with zero attached hydrogens (tertiary/aromatic N) is 2. The summed E-state index contributed by atoms with van der Waals surface area (Å²) >= 11 is 0. The molecule has 2 aromatic carbocycles. The van der Waals surface area contributed by atoms with Crippen molar-refractivity contribution in [3.05, 3.63) is 59.7 Å². The van der Waals surface area contributed by atoms with E-state index in [1.54, 1.807) is 0 Å². The van der Waals surface area contributed by atoms with E-state index in [0.29, 0.717) is 19.8 Å². The molecule has 2 aliphatic heterocycles. The SMILES string of the molecule is CC(NC(=O)CN1CCN(Cc2ccccc2)CC1)c1ccc2c(c1)OCCO2. The van der Waals surface area contributed by atoms with Crippen LogP contribution < -0.4 is 14.8 Å². The zero-order valence-corrected chi connectivity index (χ0v) is 17.0. The number of hydrogen-bond acceptors (Lipinski definition) is 5. The Morgan fingerprint density at radius 2 is 1.66 bits per heavy atom. The molecule has 6 nitrogen and oxygen atoms in total. The third-order valence-electron chi connectivity index (χ3n) is 5.52. The van der Waals surface area contributed by atoms with Gasteiger partial charge in [-0.25, -0.2) is 0 Å². The van der Waals surface area contributed by atoms with E-state index < -0.39 is 0 Å². The highest BCUT2D eigenvalue weighted by Gasteiger charge is 2.21. The number of carbonyl (C=O) groups is 1. The standard InChI is InChI=1S/C23H29N3O3/c1-18(20-7-8-21-22(15-20)29-14-13-28-21)24-23(27)17-26-11-9-25(10-12-26)16-19-5-3-2-4-6-19/h2-8,15,18H,9-14,16-17H2,1H3,(H,24,27). The smallest absolute Gasteiger partial charge is 0.234 e. The van der Waals surface area contributed by atoms with Gasteiger partial charge in [-0.05, 0) is 30.2 Å². The van der Waals surface area contributed by atoms with Crippen LogP contribution in [0.5, 0.6) is 11.5 Å². The maximum atomic E-state index is 12.5. The molecule has 0 saturated carbocycles. The fourth-order valence-electron chi connectivity index (χ4n) is 3.85. The summed E-state index contributed by atoms with van der Waals surface area (Å²) in [4.78, 5) is 17.2. The molecule has 2 heterocycles. The molecule has 1 atom stereocenters. The number of nitrogens with one attached hydrogen (secondary N) is 1. The van der Waals surface area contributed by atoms with Crippen LogP contribution in [-0.2, 0) is 11.3 Å². The van der Waals surface area contributed by atoms with E-state index in [4.69, 9.17) is 9.47 Å². The van der Waals surface area contributed by atoms with Crippen molar-refractivity contribution in [1.29, 1.82) is 0 Å². The minimum Gasteiger partial charge on any atom is -0.486 e. The molecule has 0 radical (unpaired) electrons. The Morgan fingerprint density at radius 1 is 0.966 bits per heavy atom. The Morgan fingerprint density at radius 3 is 2.41 bits per heavy atom. The minimum atomic E-state index is -0.0716. The molecule has 0 aromatic heterocycles. The molecule has 4 rings (SSSR count). The number of benzene rings is 2. The number of carbonyl (C=O) groups excluding carboxylic acids is 1. The van der Waals surface area contributed by atoms with Gasteiger partial charge in [0.25, 0.3) is 0 Å². The summed E-state index contributed by atoms with van der Waals surface area (Å²) < 4.78 is 11.2. The lowest BCUT2D eigenvalue weighted by molar-refractivity contribution is -0.123. The second kappa shape index (κ2) is 9.29. The first kappa shape index (κ1) is 19.7. The lowest BCUT2D eigenvalue weighted by Gasteiger charge is -2.34. The van der Waals surface area contributed by atoms with Gasteiger partial charge in [0.15, 0.2) is 11.5 Å². The summed E-state index contributed by atoms with van der Waals surface area (Å²) in [6, 6.07) is 16.3. The van der Waals surface area contributed by atoms with Gasteiger partial charge in [-0.1, -0.05) is 36.4 Å². The van der Waals surface area contributed by atoms with Crippen molar-refractivity contribution in [2.75, 3.05) is 45.9 Å². The van der Waals surface area contributed by atoms with E-state index in [1.807, 2.05) is 31.2 Å². The largest absolute Gasteiger partial charge is 0.486 e. The summed E-state index contributed by atoms with van der Waals surface area (Å²) in [7, 11) is 0. The number of amides is 1. The first-order valence-electron chi connectivity index (χ1n) is 10.3. The van der Waals surface area contributed by atoms with Crippen molar-refractivity contribution in [3.63, 3.8) is 0 Å². The van der Waals surface area contributed by atoms with Gasteiger partial charge in [-0.15, -0.1) is 0 Å². The molecule has 2 aliphatic rings. The van der Waals surface area contributed by atoms with Gasteiger partial charge < -0.3 is 14.8 Å². The van der Waals surface area contributed by atoms with Crippen molar-refractivity contribution >= 4 is 5.91 Å². The topological polar surface area (TPSA) is 54.0 Å². The fourth-order valence-corrected chi connectivity index (χ4v) is 3.85. The van der Waals surface area contributed by atoms with Crippen molar-refractivity contribution in [2.24, 2.45) is 0 Å². The quantitative estimate of drug-likeness (QED) is 0.814. The van der Waals surface area contributed by atoms with E-state index in [2.05, 4.69) is 39.4 Å². The molecule has 154 valence electrons. The highest BCUT2D eigenvalue weighted by atomic mass is 16.6. The lowest BCUT2D eigenvalue weighted by Crippen LogP contribution is -2.49. The predicted molar refractivity (Wildman–Crippen MR) is 112 cm³/mol. The summed E-state index contributed by atoms with van der Waals surface area (Å²) in [6.45, 7) is 8.36. The average Bonchev–Trinajstić information content (AvgIpc) is 2.75. The molecule has 0 aliphatic carbocycles. The average molecular weight is 396 g/mol. The summed E-state index contributed by atoms with van der Waals surface area (Å²) in [6.07, 6.45) is 0. The Labute approximate surface area is 172 Å². The number of fused-ring (bicyclic) bond motifs is 1. The van der Waals surface area contributed by atoms with Gasteiger partial charge >= 0.3 is 0 Å². The number of hydrogen-bond donors (Lipinski definition) is 1. The first-order valence-corrected chi connectivity index (χ1v) is 10.3. The molecule has 1 amide bonds. The first-order chi connectivity index (χ1) is 14.2. The van der Waals surface area contributed by atoms with Crippen molar-refractivity contribution in [3.8, 4) is 11.5 Å². The maximum absolute atomic E-state index is 12.5. The molecule has 6 heteroatoms. The van der Waals surface area contributed by atoms with Crippen LogP contribution in [0.2, 0.25) is 0 Å². The molecule has 0 bridgehead atoms. The molecular weight excluding hydrogens is 366 g/mol. The minimum absolute atomic E-state index is 0.0592. The molecule has 29 heavy (non-hydrogen) atoms. The van der Waals surface area contributed by atoms with Crippen LogP contribution in [0.15, 0.2) is 48.5 Å². The normalized spacial score (nSPS) is 18.2. The Kier molecular flexibility index (Phi) is 6.32. The van der Waals surface area contributed by atoms with Crippen LogP contribution in [0.1, 0.15) is 24.1 Å². The maximum Gasteiger partial charge on any atom is 0.234 e. The van der Waals surface area contributed by atoms with Crippen molar-refractivity contribution in [2.45, 2.75) is 19.5 Å². The van der Waals surface area contributed by atoms with Gasteiger partial charge in [-0.2, -0.15) is 0 Å². The van der Waals surface area contributed by atoms with Crippen LogP contribution in [0.3, 0.4) is 0 Å². The van der Waals surface area contributed by atoms with E-state index in [1.165, 1.54) is 5.56 Å². The molecule has 2 aromatic rings. The highest BCUT2D eigenvalue weighted by molar-refractivity contribution is 5.78. The Hall–Kier alpha value is -2.57. The second-order valence-corrected chi connectivity index (χ2v) is 7.73. The van der Waals surface area contributed by atoms with Crippen molar-refractivity contribution < 1.29 is 14.3 Å². The van der Waals surface area contributed by atoms with Crippen molar-refractivity contribution in [1.82, 2.24) is 15.1 Å². The monoisotopic (exact) mass is 395 g/mol. The zero-order chi connectivity index (χ0) is 20.1. The van der Waals surface area contributed by atoms with Crippen LogP contribution in [0.4, 0.5) is 0 Å². The fraction of sp³-hybridized carbons (Fsp3) is 0.435. The number of rotatable bonds is 6. The molecular formula is C23H29N3O3. The van der Waals surface area contributed by atoms with Gasteiger partial charge in [0.1, 0.15) is 13.2 Å². The van der Waals surface area contributed by atoms with E-state index >= 15 is 0 Å². The van der Waals surface area contributed by atoms with Gasteiger partial charge in [-0.3, -0.25) is 14.6 Å². The molecule has 1 saturated heterocycles. The zero-order valence-electron chi connectivity index (χ0n) is 17.0. The second-order valence-electron chi connectivity index (χ2n) is 7.73. The van der Waals surface area contributed by atoms with Gasteiger partial charge in [0.2, 0.25) is 5.91 Å². The van der Waals surface area contributed by atoms with Crippen LogP contribution in [-0.4, -0.2) is 61.6 Å². The van der Waals surface area contributed by atoms with Crippen LogP contribution >= 0.6 is 0 Å². The molecule has 1 N–H and O–H groups in total.